The molecule has 0 bridgehead atoms. The highest BCUT2D eigenvalue weighted by molar-refractivity contribution is 6.05. The van der Waals surface area contributed by atoms with Crippen LogP contribution in [-0.2, 0) is 19.6 Å². The zero-order chi connectivity index (χ0) is 23.7. The fourth-order valence-electron chi connectivity index (χ4n) is 4.58. The number of aromatic nitrogens is 2. The predicted molar refractivity (Wildman–Crippen MR) is 133 cm³/mol. The van der Waals surface area contributed by atoms with E-state index in [9.17, 15) is 9.90 Å². The topological polar surface area (TPSA) is 95.6 Å². The first-order valence-corrected chi connectivity index (χ1v) is 11.3. The lowest BCUT2D eigenvalue weighted by Gasteiger charge is -2.19. The lowest BCUT2D eigenvalue weighted by molar-refractivity contribution is 0.0747. The van der Waals surface area contributed by atoms with Crippen molar-refractivity contribution in [3.8, 4) is 11.1 Å². The molecule has 0 atom stereocenters. The number of carbonyl (C=O) groups excluding carboxylic acids is 1. The fourth-order valence-corrected chi connectivity index (χ4v) is 4.58. The van der Waals surface area contributed by atoms with Crippen LogP contribution in [0.15, 0.2) is 66.7 Å². The third-order valence-electron chi connectivity index (χ3n) is 6.29. The van der Waals surface area contributed by atoms with E-state index in [0.717, 1.165) is 27.8 Å². The average molecular weight is 454 g/mol. The second-order valence-electron chi connectivity index (χ2n) is 8.71. The van der Waals surface area contributed by atoms with Crippen LogP contribution in [0.3, 0.4) is 0 Å². The first kappa shape index (κ1) is 22.0. The van der Waals surface area contributed by atoms with Gasteiger partial charge < -0.3 is 15.7 Å². The molecule has 7 heteroatoms. The Bertz CT molecular complexity index is 1350. The summed E-state index contributed by atoms with van der Waals surface area (Å²) in [6.07, 6.45) is 0. The number of hydrogen-bond acceptors (Lipinski definition) is 6. The summed E-state index contributed by atoms with van der Waals surface area (Å²) in [6, 6.07) is 22.1. The van der Waals surface area contributed by atoms with Gasteiger partial charge in [0.2, 0.25) is 5.95 Å². The van der Waals surface area contributed by atoms with Gasteiger partial charge in [-0.2, -0.15) is 0 Å². The van der Waals surface area contributed by atoms with Crippen molar-refractivity contribution in [2.45, 2.75) is 19.6 Å². The Morgan fingerprint density at radius 2 is 1.74 bits per heavy atom. The third-order valence-corrected chi connectivity index (χ3v) is 6.29. The maximum Gasteiger partial charge on any atom is 0.273 e. The number of hydrogen-bond donors (Lipinski definition) is 2. The number of anilines is 1. The smallest absolute Gasteiger partial charge is 0.273 e. The van der Waals surface area contributed by atoms with Crippen molar-refractivity contribution < 1.29 is 9.90 Å². The Labute approximate surface area is 198 Å². The second-order valence-corrected chi connectivity index (χ2v) is 8.71. The standard InChI is InChI=1S/C27H27N5O2/c1-31(12-13-33)15-21-8-4-5-9-22(21)18-10-11-24-23(14-18)25(30-27(28)29-24)26(34)32-16-19-6-2-3-7-20(19)17-32/h2-11,14,33H,12-13,15-17H2,1H3,(H2,28,29,30). The van der Waals surface area contributed by atoms with Gasteiger partial charge in [0.25, 0.3) is 5.91 Å². The van der Waals surface area contributed by atoms with Crippen LogP contribution in [0.25, 0.3) is 22.0 Å². The number of amides is 1. The first-order valence-electron chi connectivity index (χ1n) is 11.3. The van der Waals surface area contributed by atoms with Crippen molar-refractivity contribution >= 4 is 22.8 Å². The van der Waals surface area contributed by atoms with Crippen molar-refractivity contribution in [1.29, 1.82) is 0 Å². The molecule has 34 heavy (non-hydrogen) atoms. The molecular formula is C27H27N5O2. The van der Waals surface area contributed by atoms with Gasteiger partial charge in [-0.3, -0.25) is 9.69 Å². The molecule has 0 saturated carbocycles. The van der Waals surface area contributed by atoms with Gasteiger partial charge in [0.1, 0.15) is 5.69 Å². The van der Waals surface area contributed by atoms with Crippen molar-refractivity contribution in [2.75, 3.05) is 25.9 Å². The molecule has 0 radical (unpaired) electrons. The summed E-state index contributed by atoms with van der Waals surface area (Å²) in [6.45, 7) is 2.51. The molecule has 1 aliphatic rings. The van der Waals surface area contributed by atoms with Gasteiger partial charge in [-0.1, -0.05) is 54.6 Å². The molecule has 0 aliphatic carbocycles. The Morgan fingerprint density at radius 3 is 2.47 bits per heavy atom. The summed E-state index contributed by atoms with van der Waals surface area (Å²) in [7, 11) is 1.98. The number of benzene rings is 3. The van der Waals surface area contributed by atoms with E-state index in [1.165, 1.54) is 0 Å². The predicted octanol–water partition coefficient (Wildman–Crippen LogP) is 3.46. The van der Waals surface area contributed by atoms with Crippen molar-refractivity contribution in [3.05, 3.63) is 89.1 Å². The van der Waals surface area contributed by atoms with Crippen LogP contribution < -0.4 is 5.73 Å². The number of likely N-dealkylation sites (N-methyl/N-ethyl adjacent to an activating group) is 1. The molecule has 1 aliphatic heterocycles. The van der Waals surface area contributed by atoms with Crippen LogP contribution in [0, 0.1) is 0 Å². The minimum atomic E-state index is -0.150. The molecule has 0 saturated heterocycles. The Morgan fingerprint density at radius 1 is 1.03 bits per heavy atom. The lowest BCUT2D eigenvalue weighted by atomic mass is 9.97. The zero-order valence-corrected chi connectivity index (χ0v) is 19.1. The first-order chi connectivity index (χ1) is 16.5. The normalized spacial score (nSPS) is 13.0. The largest absolute Gasteiger partial charge is 0.395 e. The number of nitrogens with zero attached hydrogens (tertiary/aromatic N) is 4. The summed E-state index contributed by atoms with van der Waals surface area (Å²) in [5.41, 5.74) is 12.4. The molecule has 172 valence electrons. The van der Waals surface area contributed by atoms with Gasteiger partial charge in [-0.05, 0) is 47.0 Å². The maximum absolute atomic E-state index is 13.6. The molecule has 7 nitrogen and oxygen atoms in total. The number of nitrogen functional groups attached to an aromatic ring is 1. The minimum Gasteiger partial charge on any atom is -0.395 e. The second kappa shape index (κ2) is 9.21. The molecular weight excluding hydrogens is 426 g/mol. The van der Waals surface area contributed by atoms with Gasteiger partial charge in [-0.25, -0.2) is 9.97 Å². The molecule has 3 N–H and O–H groups in total. The number of nitrogens with two attached hydrogens (primary N) is 1. The third kappa shape index (κ3) is 4.23. The summed E-state index contributed by atoms with van der Waals surface area (Å²) in [5.74, 6) is -0.0604. The molecule has 1 aromatic heterocycles. The van der Waals surface area contributed by atoms with E-state index in [-0.39, 0.29) is 18.5 Å². The van der Waals surface area contributed by atoms with E-state index in [4.69, 9.17) is 5.73 Å². The highest BCUT2D eigenvalue weighted by Gasteiger charge is 2.27. The summed E-state index contributed by atoms with van der Waals surface area (Å²) in [5, 5.41) is 9.96. The van der Waals surface area contributed by atoms with Crippen molar-refractivity contribution in [2.24, 2.45) is 0 Å². The van der Waals surface area contributed by atoms with E-state index in [1.807, 2.05) is 49.5 Å². The minimum absolute atomic E-state index is 0.0892. The van der Waals surface area contributed by atoms with E-state index >= 15 is 0 Å². The Balaban J connectivity index is 1.54. The lowest BCUT2D eigenvalue weighted by Crippen LogP contribution is -2.27. The summed E-state index contributed by atoms with van der Waals surface area (Å²) in [4.78, 5) is 26.2. The maximum atomic E-state index is 13.6. The van der Waals surface area contributed by atoms with Crippen LogP contribution in [0.1, 0.15) is 27.2 Å². The fraction of sp³-hybridized carbons (Fsp3) is 0.222. The molecule has 0 spiro atoms. The van der Waals surface area contributed by atoms with Crippen LogP contribution in [0.5, 0.6) is 0 Å². The van der Waals surface area contributed by atoms with E-state index in [2.05, 4.69) is 39.1 Å². The molecule has 2 heterocycles. The molecule has 5 rings (SSSR count). The molecule has 0 fully saturated rings. The van der Waals surface area contributed by atoms with E-state index < -0.39 is 0 Å². The van der Waals surface area contributed by atoms with Crippen LogP contribution in [-0.4, -0.2) is 51.0 Å². The molecule has 4 aromatic rings. The van der Waals surface area contributed by atoms with Crippen LogP contribution in [0.4, 0.5) is 5.95 Å². The highest BCUT2D eigenvalue weighted by Crippen LogP contribution is 2.31. The average Bonchev–Trinajstić information content (AvgIpc) is 3.28. The van der Waals surface area contributed by atoms with Gasteiger partial charge >= 0.3 is 0 Å². The van der Waals surface area contributed by atoms with Gasteiger partial charge in [0.15, 0.2) is 0 Å². The van der Waals surface area contributed by atoms with E-state index in [1.54, 1.807) is 4.90 Å². The zero-order valence-electron chi connectivity index (χ0n) is 19.1. The van der Waals surface area contributed by atoms with Crippen LogP contribution in [0.2, 0.25) is 0 Å². The van der Waals surface area contributed by atoms with Gasteiger partial charge in [0.05, 0.1) is 12.1 Å². The van der Waals surface area contributed by atoms with Gasteiger partial charge in [-0.15, -0.1) is 0 Å². The number of fused-ring (bicyclic) bond motifs is 2. The summed E-state index contributed by atoms with van der Waals surface area (Å²) < 4.78 is 0. The number of rotatable bonds is 6. The van der Waals surface area contributed by atoms with E-state index in [0.29, 0.717) is 42.8 Å². The quantitative estimate of drug-likeness (QED) is 0.464. The number of carbonyl (C=O) groups is 1. The molecule has 0 unspecified atom stereocenters. The molecule has 1 amide bonds. The number of aliphatic hydroxyl groups excluding tert-OH is 1. The Kier molecular flexibility index (Phi) is 5.96. The van der Waals surface area contributed by atoms with Crippen molar-refractivity contribution in [3.63, 3.8) is 0 Å². The van der Waals surface area contributed by atoms with Crippen LogP contribution >= 0.6 is 0 Å². The SMILES string of the molecule is CN(CCO)Cc1ccccc1-c1ccc2nc(N)nc(C(=O)N3Cc4ccccc4C3)c2c1. The molecule has 3 aromatic carbocycles. The van der Waals surface area contributed by atoms with Crippen molar-refractivity contribution in [1.82, 2.24) is 19.8 Å². The monoisotopic (exact) mass is 453 g/mol. The Hall–Kier alpha value is -3.81. The van der Waals surface area contributed by atoms with Gasteiger partial charge in [0, 0.05) is 31.6 Å². The number of aliphatic hydroxyl groups is 1. The summed E-state index contributed by atoms with van der Waals surface area (Å²) >= 11 is 0. The highest BCUT2D eigenvalue weighted by atomic mass is 16.3.